The summed E-state index contributed by atoms with van der Waals surface area (Å²) in [5.74, 6) is 0.560. The Morgan fingerprint density at radius 1 is 1.42 bits per heavy atom. The van der Waals surface area contributed by atoms with Crippen LogP contribution in [0.5, 0.6) is 0 Å². The van der Waals surface area contributed by atoms with E-state index in [1.165, 1.54) is 0 Å². The van der Waals surface area contributed by atoms with E-state index in [9.17, 15) is 10.2 Å². The van der Waals surface area contributed by atoms with Gasteiger partial charge in [0.1, 0.15) is 0 Å². The lowest BCUT2D eigenvalue weighted by molar-refractivity contribution is -0.0330. The zero-order valence-corrected chi connectivity index (χ0v) is 7.27. The first-order valence-corrected chi connectivity index (χ1v) is 4.64. The van der Waals surface area contributed by atoms with Crippen LogP contribution in [-0.4, -0.2) is 34.1 Å². The molecule has 2 aliphatic rings. The number of aliphatic hydroxyl groups is 3. The van der Waals surface area contributed by atoms with Gasteiger partial charge in [-0.25, -0.2) is 0 Å². The van der Waals surface area contributed by atoms with Crippen LogP contribution in [0.2, 0.25) is 0 Å². The molecule has 0 saturated heterocycles. The van der Waals surface area contributed by atoms with Crippen LogP contribution in [0.4, 0.5) is 0 Å². The van der Waals surface area contributed by atoms with Crippen molar-refractivity contribution in [3.8, 4) is 0 Å². The molecule has 0 radical (unpaired) electrons. The van der Waals surface area contributed by atoms with Crippen LogP contribution in [0.25, 0.3) is 0 Å². The summed E-state index contributed by atoms with van der Waals surface area (Å²) in [6, 6.07) is 0. The van der Waals surface area contributed by atoms with Crippen LogP contribution in [0.15, 0.2) is 0 Å². The lowest BCUT2D eigenvalue weighted by atomic mass is 9.96. The molecule has 2 saturated carbocycles. The average Bonchev–Trinajstić information content (AvgIpc) is 2.76. The van der Waals surface area contributed by atoms with Crippen LogP contribution < -0.4 is 0 Å². The SMILES string of the molecule is CC[C@H]1C(O)C(O)[C@]2(CO)CC12. The molecule has 0 spiro atoms. The summed E-state index contributed by atoms with van der Waals surface area (Å²) in [6.07, 6.45) is 0.476. The van der Waals surface area contributed by atoms with Crippen molar-refractivity contribution in [1.82, 2.24) is 0 Å². The van der Waals surface area contributed by atoms with Gasteiger partial charge in [0.05, 0.1) is 18.8 Å². The second kappa shape index (κ2) is 2.44. The second-order valence-corrected chi connectivity index (χ2v) is 4.21. The highest BCUT2D eigenvalue weighted by atomic mass is 16.3. The number of hydrogen-bond donors (Lipinski definition) is 3. The zero-order valence-electron chi connectivity index (χ0n) is 7.27. The van der Waals surface area contributed by atoms with Crippen LogP contribution in [0.3, 0.4) is 0 Å². The molecule has 0 aliphatic heterocycles. The molecule has 2 fully saturated rings. The van der Waals surface area contributed by atoms with Crippen molar-refractivity contribution in [3.05, 3.63) is 0 Å². The Morgan fingerprint density at radius 3 is 2.42 bits per heavy atom. The van der Waals surface area contributed by atoms with E-state index in [1.54, 1.807) is 0 Å². The van der Waals surface area contributed by atoms with Gasteiger partial charge in [0.25, 0.3) is 0 Å². The van der Waals surface area contributed by atoms with Crippen molar-refractivity contribution in [2.45, 2.75) is 32.0 Å². The molecule has 0 aromatic heterocycles. The van der Waals surface area contributed by atoms with Gasteiger partial charge in [-0.2, -0.15) is 0 Å². The Balaban J connectivity index is 2.17. The molecule has 5 atom stereocenters. The smallest absolute Gasteiger partial charge is 0.0882 e. The summed E-state index contributed by atoms with van der Waals surface area (Å²) >= 11 is 0. The minimum Gasteiger partial charge on any atom is -0.396 e. The van der Waals surface area contributed by atoms with Crippen LogP contribution in [-0.2, 0) is 0 Å². The third kappa shape index (κ3) is 0.767. The van der Waals surface area contributed by atoms with Gasteiger partial charge in [0.15, 0.2) is 0 Å². The fourth-order valence-corrected chi connectivity index (χ4v) is 2.88. The quantitative estimate of drug-likeness (QED) is 0.538. The molecule has 2 rings (SSSR count). The number of hydrogen-bond acceptors (Lipinski definition) is 3. The topological polar surface area (TPSA) is 60.7 Å². The zero-order chi connectivity index (χ0) is 8.93. The van der Waals surface area contributed by atoms with E-state index in [2.05, 4.69) is 0 Å². The van der Waals surface area contributed by atoms with E-state index in [4.69, 9.17) is 5.11 Å². The normalized spacial score (nSPS) is 57.0. The standard InChI is InChI=1S/C9H16O3/c1-2-5-6-3-9(6,4-10)8(12)7(5)11/h5-8,10-12H,2-4H2,1H3/t5-,6?,7?,8?,9+/m1/s1. The predicted molar refractivity (Wildman–Crippen MR) is 43.4 cm³/mol. The molecule has 2 aliphatic carbocycles. The molecule has 12 heavy (non-hydrogen) atoms. The molecule has 3 heteroatoms. The van der Waals surface area contributed by atoms with Gasteiger partial charge in [0.2, 0.25) is 0 Å². The van der Waals surface area contributed by atoms with Crippen molar-refractivity contribution >= 4 is 0 Å². The number of aliphatic hydroxyl groups excluding tert-OH is 3. The Hall–Kier alpha value is -0.120. The molecular weight excluding hydrogens is 156 g/mol. The molecule has 0 aromatic rings. The second-order valence-electron chi connectivity index (χ2n) is 4.21. The Labute approximate surface area is 72.0 Å². The minimum absolute atomic E-state index is 0.0202. The number of rotatable bonds is 2. The molecule has 70 valence electrons. The third-order valence-corrected chi connectivity index (χ3v) is 3.81. The van der Waals surface area contributed by atoms with Crippen LogP contribution in [0.1, 0.15) is 19.8 Å². The van der Waals surface area contributed by atoms with Crippen molar-refractivity contribution in [2.24, 2.45) is 17.3 Å². The lowest BCUT2D eigenvalue weighted by Crippen LogP contribution is -2.34. The molecule has 0 aromatic carbocycles. The molecule has 3 unspecified atom stereocenters. The van der Waals surface area contributed by atoms with Gasteiger partial charge >= 0.3 is 0 Å². The van der Waals surface area contributed by atoms with E-state index in [-0.39, 0.29) is 17.9 Å². The third-order valence-electron chi connectivity index (χ3n) is 3.81. The first-order chi connectivity index (χ1) is 5.67. The number of fused-ring (bicyclic) bond motifs is 1. The first-order valence-electron chi connectivity index (χ1n) is 4.64. The Morgan fingerprint density at radius 2 is 2.08 bits per heavy atom. The van der Waals surface area contributed by atoms with E-state index in [0.29, 0.717) is 5.92 Å². The molecule has 0 heterocycles. The lowest BCUT2D eigenvalue weighted by Gasteiger charge is -2.21. The maximum Gasteiger partial charge on any atom is 0.0882 e. The van der Waals surface area contributed by atoms with Crippen LogP contribution in [0, 0.1) is 17.3 Å². The maximum atomic E-state index is 9.65. The monoisotopic (exact) mass is 172 g/mol. The van der Waals surface area contributed by atoms with E-state index < -0.39 is 12.2 Å². The van der Waals surface area contributed by atoms with E-state index in [1.807, 2.05) is 6.92 Å². The van der Waals surface area contributed by atoms with Crippen molar-refractivity contribution in [1.29, 1.82) is 0 Å². The fraction of sp³-hybridized carbons (Fsp3) is 1.00. The van der Waals surface area contributed by atoms with Gasteiger partial charge in [-0.3, -0.25) is 0 Å². The Bertz CT molecular complexity index is 192. The van der Waals surface area contributed by atoms with Gasteiger partial charge in [-0.05, 0) is 18.3 Å². The largest absolute Gasteiger partial charge is 0.396 e. The molecule has 0 amide bonds. The van der Waals surface area contributed by atoms with Crippen LogP contribution >= 0.6 is 0 Å². The molecule has 0 bridgehead atoms. The summed E-state index contributed by atoms with van der Waals surface area (Å²) in [5, 5.41) is 28.3. The fourth-order valence-electron chi connectivity index (χ4n) is 2.88. The molecule has 3 N–H and O–H groups in total. The van der Waals surface area contributed by atoms with Gasteiger partial charge < -0.3 is 15.3 Å². The van der Waals surface area contributed by atoms with E-state index in [0.717, 1.165) is 12.8 Å². The first kappa shape index (κ1) is 8.48. The summed E-state index contributed by atoms with van der Waals surface area (Å²) < 4.78 is 0. The van der Waals surface area contributed by atoms with Gasteiger partial charge in [-0.15, -0.1) is 0 Å². The highest BCUT2D eigenvalue weighted by molar-refractivity contribution is 5.18. The summed E-state index contributed by atoms with van der Waals surface area (Å²) in [5.41, 5.74) is -0.333. The van der Waals surface area contributed by atoms with Gasteiger partial charge in [0, 0.05) is 5.41 Å². The Kier molecular flexibility index (Phi) is 1.72. The van der Waals surface area contributed by atoms with Crippen molar-refractivity contribution in [3.63, 3.8) is 0 Å². The summed E-state index contributed by atoms with van der Waals surface area (Å²) in [4.78, 5) is 0. The average molecular weight is 172 g/mol. The molecule has 3 nitrogen and oxygen atoms in total. The minimum atomic E-state index is -0.697. The summed E-state index contributed by atoms with van der Waals surface area (Å²) in [6.45, 7) is 2.04. The highest BCUT2D eigenvalue weighted by Gasteiger charge is 2.69. The van der Waals surface area contributed by atoms with Gasteiger partial charge in [-0.1, -0.05) is 13.3 Å². The van der Waals surface area contributed by atoms with Crippen molar-refractivity contribution < 1.29 is 15.3 Å². The molecular formula is C9H16O3. The maximum absolute atomic E-state index is 9.65. The predicted octanol–water partition coefficient (Wildman–Crippen LogP) is -0.253. The van der Waals surface area contributed by atoms with E-state index >= 15 is 0 Å². The van der Waals surface area contributed by atoms with Crippen molar-refractivity contribution in [2.75, 3.05) is 6.61 Å². The highest BCUT2D eigenvalue weighted by Crippen LogP contribution is 2.66. The summed E-state index contributed by atoms with van der Waals surface area (Å²) in [7, 11) is 0.